The number of fused-ring (bicyclic) bond motifs is 1. The zero-order valence-electron chi connectivity index (χ0n) is 16.5. The second kappa shape index (κ2) is 8.52. The fourth-order valence-corrected chi connectivity index (χ4v) is 3.78. The first-order valence-corrected chi connectivity index (χ1v) is 9.84. The summed E-state index contributed by atoms with van der Waals surface area (Å²) in [7, 11) is 0. The van der Waals surface area contributed by atoms with Gasteiger partial charge in [-0.1, -0.05) is 24.3 Å². The number of amides is 1. The van der Waals surface area contributed by atoms with Gasteiger partial charge in [-0.15, -0.1) is 0 Å². The zero-order valence-corrected chi connectivity index (χ0v) is 16.5. The molecule has 1 aromatic heterocycles. The molecule has 31 heavy (non-hydrogen) atoms. The first-order valence-electron chi connectivity index (χ1n) is 9.84. The Hall–Kier alpha value is -3.79. The van der Waals surface area contributed by atoms with Crippen LogP contribution < -0.4 is 5.32 Å². The van der Waals surface area contributed by atoms with Crippen molar-refractivity contribution >= 4 is 28.3 Å². The summed E-state index contributed by atoms with van der Waals surface area (Å²) in [6.07, 6.45) is 1.50. The van der Waals surface area contributed by atoms with Crippen molar-refractivity contribution in [2.45, 2.75) is 25.4 Å². The highest BCUT2D eigenvalue weighted by Gasteiger charge is 2.24. The molecule has 2 aromatic carbocycles. The minimum Gasteiger partial charge on any atom is -0.444 e. The number of nitro benzene ring substituents is 2. The molecule has 10 heteroatoms. The van der Waals surface area contributed by atoms with Crippen molar-refractivity contribution in [2.24, 2.45) is 0 Å². The van der Waals surface area contributed by atoms with Gasteiger partial charge in [0.2, 0.25) is 5.58 Å². The molecule has 1 N–H and O–H groups in total. The SMILES string of the molecule is O=C(NC1CCN(Cc2ccc([N+](=O)[O-])cc2)CC1)c1cc2cccc([N+](=O)[O-])c2o1. The first kappa shape index (κ1) is 20.5. The summed E-state index contributed by atoms with van der Waals surface area (Å²) in [4.78, 5) is 35.7. The van der Waals surface area contributed by atoms with Crippen molar-refractivity contribution in [3.8, 4) is 0 Å². The third-order valence-electron chi connectivity index (χ3n) is 5.42. The van der Waals surface area contributed by atoms with E-state index in [1.54, 1.807) is 24.3 Å². The Morgan fingerprint density at radius 2 is 1.77 bits per heavy atom. The summed E-state index contributed by atoms with van der Waals surface area (Å²) >= 11 is 0. The largest absolute Gasteiger partial charge is 0.444 e. The van der Waals surface area contributed by atoms with Crippen molar-refractivity contribution in [3.63, 3.8) is 0 Å². The molecule has 10 nitrogen and oxygen atoms in total. The van der Waals surface area contributed by atoms with Crippen molar-refractivity contribution in [2.75, 3.05) is 13.1 Å². The van der Waals surface area contributed by atoms with E-state index in [1.165, 1.54) is 24.3 Å². The summed E-state index contributed by atoms with van der Waals surface area (Å²) in [5, 5.41) is 25.3. The second-order valence-corrected chi connectivity index (χ2v) is 7.51. The van der Waals surface area contributed by atoms with Crippen molar-refractivity contribution in [3.05, 3.63) is 80.1 Å². The molecule has 0 unspecified atom stereocenters. The van der Waals surface area contributed by atoms with E-state index >= 15 is 0 Å². The van der Waals surface area contributed by atoms with E-state index in [9.17, 15) is 25.0 Å². The van der Waals surface area contributed by atoms with Crippen LogP contribution in [0.1, 0.15) is 29.0 Å². The number of nitrogens with one attached hydrogen (secondary N) is 1. The molecular weight excluding hydrogens is 404 g/mol. The Morgan fingerprint density at radius 3 is 2.42 bits per heavy atom. The third kappa shape index (κ3) is 4.53. The number of para-hydroxylation sites is 1. The van der Waals surface area contributed by atoms with E-state index in [-0.39, 0.29) is 34.7 Å². The van der Waals surface area contributed by atoms with Crippen LogP contribution in [-0.2, 0) is 6.54 Å². The molecule has 0 bridgehead atoms. The summed E-state index contributed by atoms with van der Waals surface area (Å²) in [6.45, 7) is 2.23. The van der Waals surface area contributed by atoms with Crippen LogP contribution in [0.2, 0.25) is 0 Å². The lowest BCUT2D eigenvalue weighted by Crippen LogP contribution is -2.44. The zero-order chi connectivity index (χ0) is 22.0. The van der Waals surface area contributed by atoms with Crippen LogP contribution in [-0.4, -0.2) is 39.8 Å². The number of furan rings is 1. The van der Waals surface area contributed by atoms with Crippen LogP contribution in [0.3, 0.4) is 0 Å². The molecule has 1 amide bonds. The van der Waals surface area contributed by atoms with Gasteiger partial charge in [0.25, 0.3) is 11.6 Å². The molecule has 1 saturated heterocycles. The predicted molar refractivity (Wildman–Crippen MR) is 112 cm³/mol. The monoisotopic (exact) mass is 424 g/mol. The van der Waals surface area contributed by atoms with Gasteiger partial charge >= 0.3 is 5.69 Å². The van der Waals surface area contributed by atoms with Crippen LogP contribution in [0.4, 0.5) is 11.4 Å². The number of rotatable bonds is 6. The van der Waals surface area contributed by atoms with Gasteiger partial charge in [-0.3, -0.25) is 29.9 Å². The first-order chi connectivity index (χ1) is 14.9. The number of hydrogen-bond donors (Lipinski definition) is 1. The van der Waals surface area contributed by atoms with E-state index in [0.717, 1.165) is 31.5 Å². The highest BCUT2D eigenvalue weighted by atomic mass is 16.6. The number of hydrogen-bond acceptors (Lipinski definition) is 7. The van der Waals surface area contributed by atoms with Crippen molar-refractivity contribution in [1.29, 1.82) is 0 Å². The van der Waals surface area contributed by atoms with E-state index in [1.807, 2.05) is 0 Å². The number of non-ortho nitro benzene ring substituents is 2. The lowest BCUT2D eigenvalue weighted by atomic mass is 10.0. The lowest BCUT2D eigenvalue weighted by Gasteiger charge is -2.32. The number of nitro groups is 2. The van der Waals surface area contributed by atoms with Gasteiger partial charge in [0.05, 0.1) is 9.85 Å². The fraction of sp³-hybridized carbons (Fsp3) is 0.286. The molecule has 1 aliphatic heterocycles. The summed E-state index contributed by atoms with van der Waals surface area (Å²) in [5.41, 5.74) is 0.990. The highest BCUT2D eigenvalue weighted by molar-refractivity contribution is 5.98. The summed E-state index contributed by atoms with van der Waals surface area (Å²) in [5.74, 6) is -0.336. The van der Waals surface area contributed by atoms with Gasteiger partial charge < -0.3 is 9.73 Å². The number of likely N-dealkylation sites (tertiary alicyclic amines) is 1. The third-order valence-corrected chi connectivity index (χ3v) is 5.42. The molecular formula is C21H20N4O6. The molecule has 0 aliphatic carbocycles. The van der Waals surface area contributed by atoms with E-state index in [4.69, 9.17) is 4.42 Å². The minimum atomic E-state index is -0.534. The molecule has 2 heterocycles. The van der Waals surface area contributed by atoms with E-state index in [2.05, 4.69) is 10.2 Å². The van der Waals surface area contributed by atoms with Crippen LogP contribution >= 0.6 is 0 Å². The van der Waals surface area contributed by atoms with Crippen molar-refractivity contribution < 1.29 is 19.1 Å². The predicted octanol–water partition coefficient (Wildman–Crippen LogP) is 3.64. The molecule has 3 aromatic rings. The molecule has 1 fully saturated rings. The van der Waals surface area contributed by atoms with Gasteiger partial charge in [-0.25, -0.2) is 0 Å². The molecule has 0 radical (unpaired) electrons. The number of carbonyl (C=O) groups is 1. The Morgan fingerprint density at radius 1 is 1.06 bits per heavy atom. The molecule has 0 atom stereocenters. The number of carbonyl (C=O) groups excluding carboxylic acids is 1. The minimum absolute atomic E-state index is 0.0243. The van der Waals surface area contributed by atoms with Gasteiger partial charge in [0.15, 0.2) is 5.76 Å². The van der Waals surface area contributed by atoms with Gasteiger partial charge in [-0.05, 0) is 24.5 Å². The van der Waals surface area contributed by atoms with Gasteiger partial charge in [0, 0.05) is 49.3 Å². The Balaban J connectivity index is 1.33. The van der Waals surface area contributed by atoms with Gasteiger partial charge in [0.1, 0.15) is 0 Å². The maximum Gasteiger partial charge on any atom is 0.312 e. The topological polar surface area (TPSA) is 132 Å². The van der Waals surface area contributed by atoms with Crippen LogP contribution in [0, 0.1) is 20.2 Å². The Kier molecular flexibility index (Phi) is 5.63. The van der Waals surface area contributed by atoms with Crippen LogP contribution in [0.5, 0.6) is 0 Å². The van der Waals surface area contributed by atoms with Gasteiger partial charge in [-0.2, -0.15) is 0 Å². The highest BCUT2D eigenvalue weighted by Crippen LogP contribution is 2.28. The van der Waals surface area contributed by atoms with E-state index in [0.29, 0.717) is 11.9 Å². The maximum absolute atomic E-state index is 12.6. The summed E-state index contributed by atoms with van der Waals surface area (Å²) < 4.78 is 5.48. The molecule has 160 valence electrons. The summed E-state index contributed by atoms with van der Waals surface area (Å²) in [6, 6.07) is 12.6. The van der Waals surface area contributed by atoms with Crippen LogP contribution in [0.25, 0.3) is 11.0 Å². The number of nitrogens with zero attached hydrogens (tertiary/aromatic N) is 3. The fourth-order valence-electron chi connectivity index (χ4n) is 3.78. The van der Waals surface area contributed by atoms with E-state index < -0.39 is 9.85 Å². The lowest BCUT2D eigenvalue weighted by molar-refractivity contribution is -0.384. The molecule has 1 aliphatic rings. The smallest absolute Gasteiger partial charge is 0.312 e. The average Bonchev–Trinajstić information content (AvgIpc) is 3.20. The van der Waals surface area contributed by atoms with Crippen molar-refractivity contribution in [1.82, 2.24) is 10.2 Å². The molecule has 4 rings (SSSR count). The standard InChI is InChI=1S/C21H20N4O6/c26-21(19-12-15-2-1-3-18(25(29)30)20(15)31-19)22-16-8-10-23(11-9-16)13-14-4-6-17(7-5-14)24(27)28/h1-7,12,16H,8-11,13H2,(H,22,26). The Labute approximate surface area is 176 Å². The number of benzene rings is 2. The maximum atomic E-state index is 12.6. The number of piperidine rings is 1. The quantitative estimate of drug-likeness (QED) is 0.472. The average molecular weight is 424 g/mol. The second-order valence-electron chi connectivity index (χ2n) is 7.51. The molecule has 0 saturated carbocycles. The Bertz CT molecular complexity index is 1130. The normalized spacial score (nSPS) is 15.1. The molecule has 0 spiro atoms. The van der Waals surface area contributed by atoms with Crippen LogP contribution in [0.15, 0.2) is 52.9 Å².